The second-order valence-corrected chi connectivity index (χ2v) is 6.48. The van der Waals surface area contributed by atoms with Gasteiger partial charge in [0.15, 0.2) is 0 Å². The molecule has 1 saturated heterocycles. The lowest BCUT2D eigenvalue weighted by Gasteiger charge is -2.41. The Morgan fingerprint density at radius 1 is 1.32 bits per heavy atom. The predicted octanol–water partition coefficient (Wildman–Crippen LogP) is 1.22. The highest BCUT2D eigenvalue weighted by molar-refractivity contribution is 4.86. The molecular weight excluding hydrogens is 240 g/mol. The zero-order chi connectivity index (χ0) is 13.8. The van der Waals surface area contributed by atoms with E-state index < -0.39 is 0 Å². The average Bonchev–Trinajstić information content (AvgIpc) is 2.40. The number of ether oxygens (including phenoxy) is 1. The Labute approximate surface area is 117 Å². The fourth-order valence-electron chi connectivity index (χ4n) is 3.69. The first-order valence-corrected chi connectivity index (χ1v) is 7.86. The number of aliphatic hydroxyl groups is 1. The highest BCUT2D eigenvalue weighted by Crippen LogP contribution is 2.31. The number of aliphatic hydroxyl groups excluding tert-OH is 1. The lowest BCUT2D eigenvalue weighted by atomic mass is 9.77. The molecule has 0 aromatic rings. The van der Waals surface area contributed by atoms with Crippen molar-refractivity contribution in [3.05, 3.63) is 0 Å². The summed E-state index contributed by atoms with van der Waals surface area (Å²) in [4.78, 5) is 2.44. The van der Waals surface area contributed by atoms with Gasteiger partial charge < -0.3 is 15.6 Å². The molecule has 4 nitrogen and oxygen atoms in total. The third-order valence-corrected chi connectivity index (χ3v) is 4.83. The second kappa shape index (κ2) is 7.02. The third-order valence-electron chi connectivity index (χ3n) is 4.83. The molecule has 2 aliphatic rings. The van der Waals surface area contributed by atoms with E-state index in [0.29, 0.717) is 12.0 Å². The first-order valence-electron chi connectivity index (χ1n) is 7.86. The molecule has 0 spiro atoms. The number of nitrogens with zero attached hydrogens (tertiary/aromatic N) is 1. The topological polar surface area (TPSA) is 58.7 Å². The van der Waals surface area contributed by atoms with E-state index in [9.17, 15) is 5.11 Å². The van der Waals surface area contributed by atoms with Crippen molar-refractivity contribution in [2.75, 3.05) is 26.2 Å². The molecule has 2 rings (SSSR count). The van der Waals surface area contributed by atoms with Gasteiger partial charge in [0, 0.05) is 25.7 Å². The first kappa shape index (κ1) is 15.2. The Morgan fingerprint density at radius 2 is 2.11 bits per heavy atom. The molecule has 5 atom stereocenters. The number of morpholine rings is 1. The van der Waals surface area contributed by atoms with Crippen molar-refractivity contribution in [2.24, 2.45) is 17.6 Å². The summed E-state index contributed by atoms with van der Waals surface area (Å²) >= 11 is 0. The molecule has 3 N–H and O–H groups in total. The number of nitrogens with two attached hydrogens (primary N) is 1. The first-order chi connectivity index (χ1) is 9.12. The maximum Gasteiger partial charge on any atom is 0.0936 e. The van der Waals surface area contributed by atoms with Crippen LogP contribution < -0.4 is 5.73 Å². The minimum atomic E-state index is -0.0227. The SMILES string of the molecule is CCC1CCC(N)C(CN2CC(C)OC(CO)C2)C1. The van der Waals surface area contributed by atoms with Crippen LogP contribution in [0.2, 0.25) is 0 Å². The summed E-state index contributed by atoms with van der Waals surface area (Å²) < 4.78 is 5.70. The van der Waals surface area contributed by atoms with Gasteiger partial charge in [0.1, 0.15) is 0 Å². The van der Waals surface area contributed by atoms with E-state index in [2.05, 4.69) is 18.7 Å². The molecular formula is C15H30N2O2. The summed E-state index contributed by atoms with van der Waals surface area (Å²) in [6, 6.07) is 0.355. The molecule has 2 fully saturated rings. The van der Waals surface area contributed by atoms with Gasteiger partial charge in [-0.25, -0.2) is 0 Å². The van der Waals surface area contributed by atoms with Crippen LogP contribution >= 0.6 is 0 Å². The van der Waals surface area contributed by atoms with Crippen LogP contribution in [0.5, 0.6) is 0 Å². The monoisotopic (exact) mass is 270 g/mol. The number of rotatable bonds is 4. The number of hydrogen-bond donors (Lipinski definition) is 2. The minimum Gasteiger partial charge on any atom is -0.394 e. The molecule has 0 aromatic heterocycles. The molecule has 0 radical (unpaired) electrons. The fourth-order valence-corrected chi connectivity index (χ4v) is 3.69. The molecule has 112 valence electrons. The summed E-state index contributed by atoms with van der Waals surface area (Å²) in [5.41, 5.74) is 6.31. The van der Waals surface area contributed by atoms with Gasteiger partial charge >= 0.3 is 0 Å². The van der Waals surface area contributed by atoms with Crippen molar-refractivity contribution < 1.29 is 9.84 Å². The van der Waals surface area contributed by atoms with Crippen LogP contribution in [0.25, 0.3) is 0 Å². The maximum atomic E-state index is 9.29. The lowest BCUT2D eigenvalue weighted by Crippen LogP contribution is -2.52. The van der Waals surface area contributed by atoms with E-state index >= 15 is 0 Å². The molecule has 19 heavy (non-hydrogen) atoms. The van der Waals surface area contributed by atoms with Gasteiger partial charge in [0.05, 0.1) is 18.8 Å². The van der Waals surface area contributed by atoms with Crippen LogP contribution in [0.3, 0.4) is 0 Å². The van der Waals surface area contributed by atoms with Crippen LogP contribution in [0.4, 0.5) is 0 Å². The Kier molecular flexibility index (Phi) is 5.63. The Hall–Kier alpha value is -0.160. The van der Waals surface area contributed by atoms with Crippen molar-refractivity contribution in [1.29, 1.82) is 0 Å². The smallest absolute Gasteiger partial charge is 0.0936 e. The van der Waals surface area contributed by atoms with E-state index in [-0.39, 0.29) is 18.8 Å². The van der Waals surface area contributed by atoms with Crippen molar-refractivity contribution >= 4 is 0 Å². The summed E-state index contributed by atoms with van der Waals surface area (Å²) in [7, 11) is 0. The maximum absolute atomic E-state index is 9.29. The second-order valence-electron chi connectivity index (χ2n) is 6.48. The van der Waals surface area contributed by atoms with Crippen molar-refractivity contribution in [3.63, 3.8) is 0 Å². The van der Waals surface area contributed by atoms with E-state index in [4.69, 9.17) is 10.5 Å². The van der Waals surface area contributed by atoms with Crippen LogP contribution in [0.15, 0.2) is 0 Å². The third kappa shape index (κ3) is 4.15. The van der Waals surface area contributed by atoms with Gasteiger partial charge in [0.25, 0.3) is 0 Å². The summed E-state index contributed by atoms with van der Waals surface area (Å²) in [5.74, 6) is 1.47. The summed E-state index contributed by atoms with van der Waals surface area (Å²) in [6.45, 7) is 7.38. The Balaban J connectivity index is 1.87. The van der Waals surface area contributed by atoms with Gasteiger partial charge in [-0.2, -0.15) is 0 Å². The van der Waals surface area contributed by atoms with E-state index in [1.165, 1.54) is 25.7 Å². The van der Waals surface area contributed by atoms with Gasteiger partial charge in [-0.15, -0.1) is 0 Å². The molecule has 0 aromatic carbocycles. The van der Waals surface area contributed by atoms with E-state index in [0.717, 1.165) is 25.6 Å². The summed E-state index contributed by atoms with van der Waals surface area (Å²) in [5, 5.41) is 9.29. The minimum absolute atomic E-state index is 0.0227. The molecule has 1 aliphatic carbocycles. The van der Waals surface area contributed by atoms with Crippen LogP contribution in [0.1, 0.15) is 39.5 Å². The fraction of sp³-hybridized carbons (Fsp3) is 1.00. The Morgan fingerprint density at radius 3 is 2.79 bits per heavy atom. The van der Waals surface area contributed by atoms with Crippen molar-refractivity contribution in [2.45, 2.75) is 57.8 Å². The van der Waals surface area contributed by atoms with Gasteiger partial charge in [-0.3, -0.25) is 4.90 Å². The number of hydrogen-bond acceptors (Lipinski definition) is 4. The van der Waals surface area contributed by atoms with Crippen LogP contribution in [-0.2, 0) is 4.74 Å². The molecule has 1 heterocycles. The quantitative estimate of drug-likeness (QED) is 0.806. The van der Waals surface area contributed by atoms with Gasteiger partial charge in [-0.05, 0) is 38.0 Å². The standard InChI is InChI=1S/C15H30N2O2/c1-3-12-4-5-15(16)13(6-12)8-17-7-11(2)19-14(9-17)10-18/h11-15,18H,3-10,16H2,1-2H3. The van der Waals surface area contributed by atoms with Crippen LogP contribution in [-0.4, -0.2) is 54.5 Å². The van der Waals surface area contributed by atoms with Gasteiger partial charge in [0.2, 0.25) is 0 Å². The normalized spacial score (nSPS) is 41.4. The summed E-state index contributed by atoms with van der Waals surface area (Å²) in [6.07, 6.45) is 5.22. The zero-order valence-corrected chi connectivity index (χ0v) is 12.4. The van der Waals surface area contributed by atoms with Crippen LogP contribution in [0, 0.1) is 11.8 Å². The highest BCUT2D eigenvalue weighted by atomic mass is 16.5. The molecule has 1 aliphatic heterocycles. The molecule has 1 saturated carbocycles. The van der Waals surface area contributed by atoms with E-state index in [1.807, 2.05) is 0 Å². The molecule has 0 bridgehead atoms. The van der Waals surface area contributed by atoms with Crippen molar-refractivity contribution in [3.8, 4) is 0 Å². The molecule has 0 amide bonds. The largest absolute Gasteiger partial charge is 0.394 e. The Bertz CT molecular complexity index is 275. The molecule has 4 heteroatoms. The average molecular weight is 270 g/mol. The zero-order valence-electron chi connectivity index (χ0n) is 12.4. The van der Waals surface area contributed by atoms with E-state index in [1.54, 1.807) is 0 Å². The predicted molar refractivity (Wildman–Crippen MR) is 77.0 cm³/mol. The highest BCUT2D eigenvalue weighted by Gasteiger charge is 2.31. The van der Waals surface area contributed by atoms with Gasteiger partial charge in [-0.1, -0.05) is 13.3 Å². The lowest BCUT2D eigenvalue weighted by molar-refractivity contribution is -0.0995. The van der Waals surface area contributed by atoms with Crippen molar-refractivity contribution in [1.82, 2.24) is 4.90 Å². The molecule has 5 unspecified atom stereocenters.